The van der Waals surface area contributed by atoms with Crippen molar-refractivity contribution in [3.63, 3.8) is 0 Å². The Bertz CT molecular complexity index is 460. The third-order valence-corrected chi connectivity index (χ3v) is 7.16. The first-order valence-electron chi connectivity index (χ1n) is 10.2. The molecule has 3 fully saturated rings. The van der Waals surface area contributed by atoms with Gasteiger partial charge in [0.05, 0.1) is 0 Å². The summed E-state index contributed by atoms with van der Waals surface area (Å²) in [6.45, 7) is 14.3. The number of likely N-dealkylation sites (tertiary alicyclic amines) is 2. The zero-order chi connectivity index (χ0) is 18.1. The number of hydrogen-bond donors (Lipinski definition) is 2. The summed E-state index contributed by atoms with van der Waals surface area (Å²) < 4.78 is 0. The van der Waals surface area contributed by atoms with Crippen LogP contribution in [0.3, 0.4) is 0 Å². The van der Waals surface area contributed by atoms with Crippen molar-refractivity contribution in [3.8, 4) is 0 Å². The van der Waals surface area contributed by atoms with Crippen LogP contribution >= 0.6 is 0 Å². The highest BCUT2D eigenvalue weighted by Gasteiger charge is 2.49. The molecule has 0 aromatic carbocycles. The van der Waals surface area contributed by atoms with Gasteiger partial charge < -0.3 is 20.2 Å². The van der Waals surface area contributed by atoms with E-state index in [1.54, 1.807) is 4.90 Å². The van der Waals surface area contributed by atoms with Gasteiger partial charge in [0.2, 0.25) is 0 Å². The first kappa shape index (κ1) is 19.0. The van der Waals surface area contributed by atoms with Gasteiger partial charge in [-0.1, -0.05) is 20.8 Å². The Morgan fingerprint density at radius 2 is 1.72 bits per heavy atom. The van der Waals surface area contributed by atoms with Crippen molar-refractivity contribution < 1.29 is 9.90 Å². The second-order valence-electron chi connectivity index (χ2n) is 9.75. The zero-order valence-electron chi connectivity index (χ0n) is 16.4. The van der Waals surface area contributed by atoms with Gasteiger partial charge in [-0.25, -0.2) is 4.79 Å². The fourth-order valence-electron chi connectivity index (χ4n) is 5.61. The largest absolute Gasteiger partial charge is 0.465 e. The van der Waals surface area contributed by atoms with Gasteiger partial charge in [0.25, 0.3) is 0 Å². The Balaban J connectivity index is 1.62. The van der Waals surface area contributed by atoms with Crippen molar-refractivity contribution >= 4 is 6.09 Å². The van der Waals surface area contributed by atoms with Crippen LogP contribution in [0.5, 0.6) is 0 Å². The molecule has 5 nitrogen and oxygen atoms in total. The highest BCUT2D eigenvalue weighted by atomic mass is 16.4. The van der Waals surface area contributed by atoms with Crippen LogP contribution < -0.4 is 5.32 Å². The molecule has 3 heterocycles. The van der Waals surface area contributed by atoms with Crippen molar-refractivity contribution in [2.45, 2.75) is 52.9 Å². The first-order valence-corrected chi connectivity index (χ1v) is 10.2. The minimum absolute atomic E-state index is 0.158. The summed E-state index contributed by atoms with van der Waals surface area (Å²) in [5, 5.41) is 12.9. The molecule has 1 spiro atoms. The van der Waals surface area contributed by atoms with Crippen LogP contribution in [-0.2, 0) is 0 Å². The van der Waals surface area contributed by atoms with Gasteiger partial charge in [-0.2, -0.15) is 0 Å². The maximum absolute atomic E-state index is 11.5. The molecule has 2 N–H and O–H groups in total. The Hall–Kier alpha value is -0.810. The van der Waals surface area contributed by atoms with Crippen LogP contribution in [0, 0.1) is 22.7 Å². The second kappa shape index (κ2) is 7.43. The van der Waals surface area contributed by atoms with E-state index in [-0.39, 0.29) is 5.41 Å². The fourth-order valence-corrected chi connectivity index (χ4v) is 5.61. The highest BCUT2D eigenvalue weighted by Crippen LogP contribution is 2.52. The maximum Gasteiger partial charge on any atom is 0.407 e. The van der Waals surface area contributed by atoms with Crippen molar-refractivity contribution in [1.29, 1.82) is 0 Å². The van der Waals surface area contributed by atoms with E-state index in [1.807, 2.05) is 0 Å². The average molecular weight is 352 g/mol. The van der Waals surface area contributed by atoms with Gasteiger partial charge in [-0.3, -0.25) is 0 Å². The molecule has 1 unspecified atom stereocenters. The zero-order valence-corrected chi connectivity index (χ0v) is 16.4. The molecule has 0 aromatic heterocycles. The molecule has 1 atom stereocenters. The SMILES string of the molecule is CC(C)(C)C1CN(C(=O)O)CCC12CCN(CC1CCNCC1)CC2. The second-order valence-corrected chi connectivity index (χ2v) is 9.75. The average Bonchev–Trinajstić information content (AvgIpc) is 2.57. The molecule has 0 radical (unpaired) electrons. The molecule has 25 heavy (non-hydrogen) atoms. The van der Waals surface area contributed by atoms with Crippen molar-refractivity contribution in [3.05, 3.63) is 0 Å². The molecule has 3 rings (SSSR count). The summed E-state index contributed by atoms with van der Waals surface area (Å²) in [4.78, 5) is 15.8. The van der Waals surface area contributed by atoms with Crippen LogP contribution in [-0.4, -0.2) is 66.8 Å². The normalized spacial score (nSPS) is 29.1. The lowest BCUT2D eigenvalue weighted by Gasteiger charge is -2.55. The molecule has 1 amide bonds. The summed E-state index contributed by atoms with van der Waals surface area (Å²) in [6.07, 6.45) is 5.43. The Morgan fingerprint density at radius 1 is 1.12 bits per heavy atom. The molecular weight excluding hydrogens is 314 g/mol. The molecule has 0 bridgehead atoms. The van der Waals surface area contributed by atoms with Gasteiger partial charge in [0.1, 0.15) is 0 Å². The molecule has 3 aliphatic heterocycles. The number of amides is 1. The van der Waals surface area contributed by atoms with E-state index in [1.165, 1.54) is 58.4 Å². The van der Waals surface area contributed by atoms with E-state index in [4.69, 9.17) is 0 Å². The minimum atomic E-state index is -0.743. The number of nitrogens with one attached hydrogen (secondary N) is 1. The summed E-state index contributed by atoms with van der Waals surface area (Å²) in [5.74, 6) is 1.33. The molecule has 0 saturated carbocycles. The molecule has 0 aliphatic carbocycles. The van der Waals surface area contributed by atoms with E-state index in [0.29, 0.717) is 17.9 Å². The monoisotopic (exact) mass is 351 g/mol. The number of piperidine rings is 3. The number of rotatable bonds is 2. The Labute approximate surface area is 153 Å². The van der Waals surface area contributed by atoms with Crippen LogP contribution in [0.1, 0.15) is 52.9 Å². The van der Waals surface area contributed by atoms with Crippen molar-refractivity contribution in [1.82, 2.24) is 15.1 Å². The van der Waals surface area contributed by atoms with Gasteiger partial charge in [0.15, 0.2) is 0 Å². The van der Waals surface area contributed by atoms with Gasteiger partial charge >= 0.3 is 6.09 Å². The van der Waals surface area contributed by atoms with Gasteiger partial charge in [0, 0.05) is 19.6 Å². The molecule has 0 aromatic rings. The van der Waals surface area contributed by atoms with E-state index in [2.05, 4.69) is 31.0 Å². The molecule has 3 saturated heterocycles. The summed E-state index contributed by atoms with van der Waals surface area (Å²) in [7, 11) is 0. The van der Waals surface area contributed by atoms with E-state index in [9.17, 15) is 9.90 Å². The lowest BCUT2D eigenvalue weighted by atomic mass is 9.57. The molecular formula is C20H37N3O2. The minimum Gasteiger partial charge on any atom is -0.465 e. The van der Waals surface area contributed by atoms with Crippen LogP contribution in [0.15, 0.2) is 0 Å². The van der Waals surface area contributed by atoms with Crippen molar-refractivity contribution in [2.75, 3.05) is 45.8 Å². The number of carboxylic acid groups (broad SMARTS) is 1. The van der Waals surface area contributed by atoms with Crippen molar-refractivity contribution in [2.24, 2.45) is 22.7 Å². The fraction of sp³-hybridized carbons (Fsp3) is 0.950. The number of hydrogen-bond acceptors (Lipinski definition) is 3. The molecule has 3 aliphatic rings. The van der Waals surface area contributed by atoms with Crippen LogP contribution in [0.2, 0.25) is 0 Å². The highest BCUT2D eigenvalue weighted by molar-refractivity contribution is 5.65. The third-order valence-electron chi connectivity index (χ3n) is 7.16. The van der Waals surface area contributed by atoms with Gasteiger partial charge in [-0.05, 0) is 80.9 Å². The topological polar surface area (TPSA) is 55.8 Å². The van der Waals surface area contributed by atoms with E-state index >= 15 is 0 Å². The summed E-state index contributed by atoms with van der Waals surface area (Å²) >= 11 is 0. The Kier molecular flexibility index (Phi) is 5.64. The van der Waals surface area contributed by atoms with Crippen LogP contribution in [0.25, 0.3) is 0 Å². The molecule has 5 heteroatoms. The predicted molar refractivity (Wildman–Crippen MR) is 101 cm³/mol. The maximum atomic E-state index is 11.5. The third kappa shape index (κ3) is 4.30. The lowest BCUT2D eigenvalue weighted by Crippen LogP contribution is -2.57. The standard InChI is InChI=1S/C20H37N3O2/c1-19(2,3)17-15-23(18(24)25)13-8-20(17)6-11-22(12-7-20)14-16-4-9-21-10-5-16/h16-17,21H,4-15H2,1-3H3,(H,24,25). The Morgan fingerprint density at radius 3 is 2.28 bits per heavy atom. The van der Waals surface area contributed by atoms with Gasteiger partial charge in [-0.15, -0.1) is 0 Å². The smallest absolute Gasteiger partial charge is 0.407 e. The lowest BCUT2D eigenvalue weighted by molar-refractivity contribution is -0.0614. The number of nitrogens with zero attached hydrogens (tertiary/aromatic N) is 2. The summed E-state index contributed by atoms with van der Waals surface area (Å²) in [6, 6.07) is 0. The molecule has 144 valence electrons. The first-order chi connectivity index (χ1) is 11.8. The number of carbonyl (C=O) groups is 1. The summed E-state index contributed by atoms with van der Waals surface area (Å²) in [5.41, 5.74) is 0.500. The van der Waals surface area contributed by atoms with E-state index in [0.717, 1.165) is 18.9 Å². The van der Waals surface area contributed by atoms with E-state index < -0.39 is 6.09 Å². The van der Waals surface area contributed by atoms with Crippen LogP contribution in [0.4, 0.5) is 4.79 Å². The quantitative estimate of drug-likeness (QED) is 0.803. The predicted octanol–water partition coefficient (Wildman–Crippen LogP) is 3.11.